The number of rotatable bonds is 3. The first-order valence-electron chi connectivity index (χ1n) is 8.26. The Morgan fingerprint density at radius 2 is 1.85 bits per heavy atom. The molecule has 3 unspecified atom stereocenters. The summed E-state index contributed by atoms with van der Waals surface area (Å²) in [6.07, 6.45) is 5.43. The number of nitrogens with zero attached hydrogens (tertiary/aromatic N) is 2. The molecule has 4 rings (SSSR count). The molecule has 0 spiro atoms. The van der Waals surface area contributed by atoms with Gasteiger partial charge in [-0.3, -0.25) is 10.2 Å². The van der Waals surface area contributed by atoms with Gasteiger partial charge in [-0.15, -0.1) is 0 Å². The standard InChI is InChI=1S/C15H29N5/c1-9(18-15-8-19(2)7-13(15)14(15)17)20-11-3-4-12(20)6-10(16)5-11/h9-14,18H,3-8,16-17H2,1-2H3/t9?,10?,11?,12?,13-,14+,15+/m1/s1. The molecule has 1 saturated carbocycles. The first kappa shape index (κ1) is 13.5. The van der Waals surface area contributed by atoms with Crippen LogP contribution in [-0.4, -0.2) is 65.8 Å². The van der Waals surface area contributed by atoms with Crippen molar-refractivity contribution < 1.29 is 0 Å². The molecule has 5 heteroatoms. The monoisotopic (exact) mass is 279 g/mol. The molecule has 6 atom stereocenters. The molecule has 2 bridgehead atoms. The lowest BCUT2D eigenvalue weighted by Gasteiger charge is -2.43. The number of piperidine rings is 2. The van der Waals surface area contributed by atoms with Gasteiger partial charge < -0.3 is 16.4 Å². The lowest BCUT2D eigenvalue weighted by Crippen LogP contribution is -2.59. The summed E-state index contributed by atoms with van der Waals surface area (Å²) < 4.78 is 0. The summed E-state index contributed by atoms with van der Waals surface area (Å²) in [4.78, 5) is 5.12. The van der Waals surface area contributed by atoms with Gasteiger partial charge in [-0.25, -0.2) is 0 Å². The first-order chi connectivity index (χ1) is 9.51. The Morgan fingerprint density at radius 1 is 1.20 bits per heavy atom. The Labute approximate surface area is 122 Å². The van der Waals surface area contributed by atoms with E-state index < -0.39 is 0 Å². The molecule has 0 aromatic heterocycles. The average molecular weight is 279 g/mol. The fourth-order valence-electron chi connectivity index (χ4n) is 5.50. The van der Waals surface area contributed by atoms with Gasteiger partial charge in [-0.05, 0) is 39.7 Å². The molecule has 5 N–H and O–H groups in total. The molecule has 5 nitrogen and oxygen atoms in total. The number of likely N-dealkylation sites (N-methyl/N-ethyl adjacent to an activating group) is 1. The third-order valence-electron chi connectivity index (χ3n) is 6.37. The number of hydrogen-bond acceptors (Lipinski definition) is 5. The van der Waals surface area contributed by atoms with Crippen molar-refractivity contribution in [3.8, 4) is 0 Å². The van der Waals surface area contributed by atoms with E-state index in [1.54, 1.807) is 0 Å². The molecule has 20 heavy (non-hydrogen) atoms. The van der Waals surface area contributed by atoms with Crippen LogP contribution in [0.4, 0.5) is 0 Å². The minimum Gasteiger partial charge on any atom is -0.328 e. The van der Waals surface area contributed by atoms with Crippen LogP contribution in [0.1, 0.15) is 32.6 Å². The van der Waals surface area contributed by atoms with Gasteiger partial charge in [0.25, 0.3) is 0 Å². The number of nitrogens with one attached hydrogen (secondary N) is 1. The zero-order chi connectivity index (χ0) is 14.1. The minimum absolute atomic E-state index is 0.188. The van der Waals surface area contributed by atoms with Crippen LogP contribution in [0.2, 0.25) is 0 Å². The van der Waals surface area contributed by atoms with Crippen molar-refractivity contribution in [3.63, 3.8) is 0 Å². The molecule has 0 amide bonds. The van der Waals surface area contributed by atoms with E-state index in [0.717, 1.165) is 13.1 Å². The predicted molar refractivity (Wildman–Crippen MR) is 80.1 cm³/mol. The number of fused-ring (bicyclic) bond motifs is 3. The van der Waals surface area contributed by atoms with Crippen LogP contribution >= 0.6 is 0 Å². The summed E-state index contributed by atoms with van der Waals surface area (Å²) in [7, 11) is 2.20. The van der Waals surface area contributed by atoms with E-state index in [1.807, 2.05) is 0 Å². The van der Waals surface area contributed by atoms with Crippen molar-refractivity contribution in [2.75, 3.05) is 20.1 Å². The SMILES string of the molecule is CC(N[C@@]12CN(C)C[C@@H]1[C@@H]2N)N1C2CCC1CC(N)C2. The fourth-order valence-corrected chi connectivity index (χ4v) is 5.50. The highest BCUT2D eigenvalue weighted by molar-refractivity contribution is 5.27. The zero-order valence-corrected chi connectivity index (χ0v) is 12.8. The van der Waals surface area contributed by atoms with Crippen LogP contribution in [0.5, 0.6) is 0 Å². The molecule has 0 aromatic rings. The second-order valence-corrected chi connectivity index (χ2v) is 7.75. The Hall–Kier alpha value is -0.200. The Morgan fingerprint density at radius 3 is 2.45 bits per heavy atom. The van der Waals surface area contributed by atoms with Gasteiger partial charge in [0, 0.05) is 43.2 Å². The van der Waals surface area contributed by atoms with E-state index >= 15 is 0 Å². The molecule has 0 radical (unpaired) electrons. The third kappa shape index (κ3) is 1.80. The summed E-state index contributed by atoms with van der Waals surface area (Å²) >= 11 is 0. The molecule has 1 aliphatic carbocycles. The number of likely N-dealkylation sites (tertiary alicyclic amines) is 1. The summed E-state index contributed by atoms with van der Waals surface area (Å²) in [5.74, 6) is 0.652. The van der Waals surface area contributed by atoms with Crippen molar-refractivity contribution in [1.82, 2.24) is 15.1 Å². The van der Waals surface area contributed by atoms with Crippen LogP contribution < -0.4 is 16.8 Å². The van der Waals surface area contributed by atoms with Gasteiger partial charge in [-0.2, -0.15) is 0 Å². The van der Waals surface area contributed by atoms with Crippen LogP contribution in [-0.2, 0) is 0 Å². The highest BCUT2D eigenvalue weighted by Gasteiger charge is 2.67. The fraction of sp³-hybridized carbons (Fsp3) is 1.00. The maximum absolute atomic E-state index is 6.33. The molecule has 3 saturated heterocycles. The summed E-state index contributed by atoms with van der Waals surface area (Å²) in [5, 5.41) is 3.91. The highest BCUT2D eigenvalue weighted by Crippen LogP contribution is 2.48. The van der Waals surface area contributed by atoms with Crippen molar-refractivity contribution in [3.05, 3.63) is 0 Å². The molecule has 3 aliphatic heterocycles. The molecular weight excluding hydrogens is 250 g/mol. The topological polar surface area (TPSA) is 70.5 Å². The Balaban J connectivity index is 1.45. The van der Waals surface area contributed by atoms with E-state index in [0.29, 0.717) is 36.3 Å². The van der Waals surface area contributed by atoms with Crippen molar-refractivity contribution >= 4 is 0 Å². The quantitative estimate of drug-likeness (QED) is 0.651. The van der Waals surface area contributed by atoms with Gasteiger partial charge >= 0.3 is 0 Å². The lowest BCUT2D eigenvalue weighted by atomic mass is 9.97. The largest absolute Gasteiger partial charge is 0.328 e. The first-order valence-corrected chi connectivity index (χ1v) is 8.26. The summed E-state index contributed by atoms with van der Waals surface area (Å²) in [5.41, 5.74) is 12.7. The molecule has 0 aromatic carbocycles. The van der Waals surface area contributed by atoms with Crippen molar-refractivity contribution in [2.45, 2.75) is 68.5 Å². The van der Waals surface area contributed by atoms with E-state index in [-0.39, 0.29) is 5.54 Å². The van der Waals surface area contributed by atoms with Gasteiger partial charge in [0.1, 0.15) is 0 Å². The molecular formula is C15H29N5. The van der Waals surface area contributed by atoms with E-state index in [2.05, 4.69) is 29.1 Å². The highest BCUT2D eigenvalue weighted by atomic mass is 15.4. The van der Waals surface area contributed by atoms with Gasteiger partial charge in [-0.1, -0.05) is 0 Å². The second kappa shape index (κ2) is 4.40. The zero-order valence-electron chi connectivity index (χ0n) is 12.8. The molecule has 4 fully saturated rings. The Bertz CT molecular complexity index is 388. The van der Waals surface area contributed by atoms with Gasteiger partial charge in [0.2, 0.25) is 0 Å². The molecule has 3 heterocycles. The molecule has 4 aliphatic rings. The third-order valence-corrected chi connectivity index (χ3v) is 6.37. The van der Waals surface area contributed by atoms with E-state index in [9.17, 15) is 0 Å². The maximum atomic E-state index is 6.33. The second-order valence-electron chi connectivity index (χ2n) is 7.75. The maximum Gasteiger partial charge on any atom is 0.0578 e. The van der Waals surface area contributed by atoms with Gasteiger partial charge in [0.15, 0.2) is 0 Å². The normalized spacial score (nSPS) is 53.1. The van der Waals surface area contributed by atoms with Crippen LogP contribution in [0.25, 0.3) is 0 Å². The predicted octanol–water partition coefficient (Wildman–Crippen LogP) is -0.483. The minimum atomic E-state index is 0.188. The average Bonchev–Trinajstić information content (AvgIpc) is 2.70. The van der Waals surface area contributed by atoms with Crippen LogP contribution in [0.15, 0.2) is 0 Å². The lowest BCUT2D eigenvalue weighted by molar-refractivity contribution is 0.0586. The smallest absolute Gasteiger partial charge is 0.0578 e. The van der Waals surface area contributed by atoms with Crippen molar-refractivity contribution in [2.24, 2.45) is 17.4 Å². The van der Waals surface area contributed by atoms with Crippen molar-refractivity contribution in [1.29, 1.82) is 0 Å². The van der Waals surface area contributed by atoms with E-state index in [4.69, 9.17) is 11.5 Å². The molecule has 114 valence electrons. The number of hydrogen-bond donors (Lipinski definition) is 3. The van der Waals surface area contributed by atoms with E-state index in [1.165, 1.54) is 25.7 Å². The van der Waals surface area contributed by atoms with Crippen LogP contribution in [0.3, 0.4) is 0 Å². The number of nitrogens with two attached hydrogens (primary N) is 2. The van der Waals surface area contributed by atoms with Gasteiger partial charge in [0.05, 0.1) is 11.7 Å². The van der Waals surface area contributed by atoms with Crippen LogP contribution in [0, 0.1) is 5.92 Å². The summed E-state index contributed by atoms with van der Waals surface area (Å²) in [6, 6.07) is 2.15. The summed E-state index contributed by atoms with van der Waals surface area (Å²) in [6.45, 7) is 4.59. The Kier molecular flexibility index (Phi) is 2.96.